The normalized spacial score (nSPS) is 11.9. The molecule has 21 heavy (non-hydrogen) atoms. The van der Waals surface area contributed by atoms with Gasteiger partial charge in [0.25, 0.3) is 0 Å². The molecule has 0 saturated carbocycles. The summed E-state index contributed by atoms with van der Waals surface area (Å²) in [5.41, 5.74) is 9.44. The molecule has 0 amide bonds. The fourth-order valence-electron chi connectivity index (χ4n) is 1.62. The fraction of sp³-hybridized carbons (Fsp3) is 0.467. The maximum atomic E-state index is 11.8. The molecule has 1 rings (SSSR count). The minimum Gasteiger partial charge on any atom is -0.371 e. The number of hydrogen-bond acceptors (Lipinski definition) is 6. The third kappa shape index (κ3) is 7.84. The first-order chi connectivity index (χ1) is 10.1. The van der Waals surface area contributed by atoms with Crippen LogP contribution in [0.3, 0.4) is 0 Å². The van der Waals surface area contributed by atoms with Crippen LogP contribution in [0.25, 0.3) is 0 Å². The molecule has 0 radical (unpaired) electrons. The van der Waals surface area contributed by atoms with Gasteiger partial charge in [0.05, 0.1) is 6.04 Å². The van der Waals surface area contributed by atoms with Crippen LogP contribution in [-0.4, -0.2) is 29.4 Å². The van der Waals surface area contributed by atoms with Gasteiger partial charge in [0, 0.05) is 18.7 Å². The molecule has 6 heteroatoms. The first-order valence-corrected chi connectivity index (χ1v) is 8.00. The number of rotatable bonds is 9. The van der Waals surface area contributed by atoms with E-state index in [4.69, 9.17) is 10.6 Å². The highest BCUT2D eigenvalue weighted by atomic mass is 32.2. The Morgan fingerprint density at radius 3 is 2.71 bits per heavy atom. The van der Waals surface area contributed by atoms with Crippen LogP contribution in [0.1, 0.15) is 25.3 Å². The van der Waals surface area contributed by atoms with Gasteiger partial charge in [0.1, 0.15) is 0 Å². The van der Waals surface area contributed by atoms with Gasteiger partial charge in [-0.1, -0.05) is 42.1 Å². The van der Waals surface area contributed by atoms with Gasteiger partial charge < -0.3 is 10.6 Å². The van der Waals surface area contributed by atoms with E-state index in [1.807, 2.05) is 37.3 Å². The standard InChI is InChI=1S/C15H22N2O3S/c1-2-17-20-14(18)9-8-13(16)15(19)21-11-10-12-6-4-3-5-7-12/h3-7,13,17H,2,8-11,16H2,1H3/t13-/m0/s1. The average Bonchev–Trinajstić information content (AvgIpc) is 2.51. The van der Waals surface area contributed by atoms with Crippen LogP contribution in [0.5, 0.6) is 0 Å². The summed E-state index contributed by atoms with van der Waals surface area (Å²) in [7, 11) is 0. The summed E-state index contributed by atoms with van der Waals surface area (Å²) in [6.45, 7) is 2.37. The van der Waals surface area contributed by atoms with E-state index in [0.717, 1.165) is 6.42 Å². The van der Waals surface area contributed by atoms with Gasteiger partial charge in [-0.15, -0.1) is 0 Å². The monoisotopic (exact) mass is 310 g/mol. The summed E-state index contributed by atoms with van der Waals surface area (Å²) in [5, 5.41) is -0.0813. The number of hydrogen-bond donors (Lipinski definition) is 2. The van der Waals surface area contributed by atoms with Crippen molar-refractivity contribution in [2.75, 3.05) is 12.3 Å². The lowest BCUT2D eigenvalue weighted by Crippen LogP contribution is -2.30. The fourth-order valence-corrected chi connectivity index (χ4v) is 2.49. The van der Waals surface area contributed by atoms with Crippen molar-refractivity contribution in [3.8, 4) is 0 Å². The molecule has 0 fully saturated rings. The Bertz CT molecular complexity index is 440. The summed E-state index contributed by atoms with van der Waals surface area (Å²) >= 11 is 1.22. The molecule has 0 aromatic heterocycles. The SMILES string of the molecule is CCNOC(=O)CC[C@H](N)C(=O)SCCc1ccccc1. The number of carbonyl (C=O) groups excluding carboxylic acids is 2. The van der Waals surface area contributed by atoms with E-state index in [1.54, 1.807) is 0 Å². The second-order valence-corrected chi connectivity index (χ2v) is 5.62. The molecular weight excluding hydrogens is 288 g/mol. The minimum atomic E-state index is -0.625. The zero-order valence-corrected chi connectivity index (χ0v) is 13.0. The molecule has 5 nitrogen and oxygen atoms in total. The van der Waals surface area contributed by atoms with Gasteiger partial charge in [-0.05, 0) is 25.3 Å². The summed E-state index contributed by atoms with van der Waals surface area (Å²) < 4.78 is 0. The van der Waals surface area contributed by atoms with E-state index in [0.29, 0.717) is 18.7 Å². The lowest BCUT2D eigenvalue weighted by Gasteiger charge is -2.09. The average molecular weight is 310 g/mol. The maximum Gasteiger partial charge on any atom is 0.324 e. The van der Waals surface area contributed by atoms with Crippen LogP contribution < -0.4 is 11.2 Å². The number of hydroxylamine groups is 1. The first-order valence-electron chi connectivity index (χ1n) is 7.02. The largest absolute Gasteiger partial charge is 0.371 e. The van der Waals surface area contributed by atoms with E-state index >= 15 is 0 Å². The van der Waals surface area contributed by atoms with Crippen LogP contribution in [-0.2, 0) is 20.8 Å². The number of thioether (sulfide) groups is 1. The Morgan fingerprint density at radius 1 is 1.33 bits per heavy atom. The zero-order chi connectivity index (χ0) is 15.5. The molecule has 1 aromatic carbocycles. The van der Waals surface area contributed by atoms with Crippen LogP contribution in [0.15, 0.2) is 30.3 Å². The number of aryl methyl sites for hydroxylation is 1. The zero-order valence-electron chi connectivity index (χ0n) is 12.2. The number of nitrogens with one attached hydrogen (secondary N) is 1. The molecule has 0 aliphatic rings. The smallest absolute Gasteiger partial charge is 0.324 e. The Balaban J connectivity index is 2.17. The highest BCUT2D eigenvalue weighted by Crippen LogP contribution is 2.11. The Morgan fingerprint density at radius 2 is 2.05 bits per heavy atom. The van der Waals surface area contributed by atoms with E-state index in [-0.39, 0.29) is 11.5 Å². The second-order valence-electron chi connectivity index (χ2n) is 4.52. The number of benzene rings is 1. The molecule has 0 heterocycles. The number of nitrogens with two attached hydrogens (primary N) is 1. The summed E-state index contributed by atoms with van der Waals surface area (Å²) in [5.74, 6) is 0.299. The van der Waals surface area contributed by atoms with Crippen LogP contribution in [0, 0.1) is 0 Å². The van der Waals surface area contributed by atoms with Crippen molar-refractivity contribution in [2.45, 2.75) is 32.2 Å². The van der Waals surface area contributed by atoms with Gasteiger partial charge >= 0.3 is 5.97 Å². The van der Waals surface area contributed by atoms with E-state index < -0.39 is 12.0 Å². The topological polar surface area (TPSA) is 81.4 Å². The molecule has 0 aliphatic carbocycles. The van der Waals surface area contributed by atoms with Crippen molar-refractivity contribution < 1.29 is 14.4 Å². The Kier molecular flexibility index (Phi) is 8.73. The summed E-state index contributed by atoms with van der Waals surface area (Å²) in [4.78, 5) is 27.8. The van der Waals surface area contributed by atoms with Crippen molar-refractivity contribution in [1.29, 1.82) is 0 Å². The Hall–Kier alpha value is -1.37. The molecule has 0 saturated heterocycles. The van der Waals surface area contributed by atoms with E-state index in [2.05, 4.69) is 5.48 Å². The van der Waals surface area contributed by atoms with Gasteiger partial charge in [-0.25, -0.2) is 0 Å². The Labute approximate surface area is 129 Å². The summed E-state index contributed by atoms with van der Waals surface area (Å²) in [6, 6.07) is 9.35. The first kappa shape index (κ1) is 17.7. The van der Waals surface area contributed by atoms with E-state index in [9.17, 15) is 9.59 Å². The number of carbonyl (C=O) groups is 2. The lowest BCUT2D eigenvalue weighted by molar-refractivity contribution is -0.151. The molecular formula is C15H22N2O3S. The van der Waals surface area contributed by atoms with Crippen LogP contribution in [0.2, 0.25) is 0 Å². The molecule has 0 bridgehead atoms. The molecule has 1 atom stereocenters. The highest BCUT2D eigenvalue weighted by Gasteiger charge is 2.16. The lowest BCUT2D eigenvalue weighted by atomic mass is 10.2. The molecule has 0 spiro atoms. The molecule has 1 aromatic rings. The van der Waals surface area contributed by atoms with Crippen molar-refractivity contribution in [2.24, 2.45) is 5.73 Å². The van der Waals surface area contributed by atoms with Gasteiger partial charge in [0.2, 0.25) is 5.12 Å². The van der Waals surface area contributed by atoms with Crippen LogP contribution >= 0.6 is 11.8 Å². The maximum absolute atomic E-state index is 11.8. The summed E-state index contributed by atoms with van der Waals surface area (Å²) in [6.07, 6.45) is 1.27. The quantitative estimate of drug-likeness (QED) is 0.675. The van der Waals surface area contributed by atoms with Gasteiger partial charge in [-0.3, -0.25) is 9.59 Å². The molecule has 0 aliphatic heterocycles. The highest BCUT2D eigenvalue weighted by molar-refractivity contribution is 8.13. The predicted octanol–water partition coefficient (Wildman–Crippen LogP) is 1.66. The van der Waals surface area contributed by atoms with Crippen molar-refractivity contribution in [3.05, 3.63) is 35.9 Å². The van der Waals surface area contributed by atoms with Gasteiger partial charge in [-0.2, -0.15) is 5.48 Å². The third-order valence-electron chi connectivity index (χ3n) is 2.77. The second kappa shape index (κ2) is 10.4. The predicted molar refractivity (Wildman–Crippen MR) is 84.6 cm³/mol. The van der Waals surface area contributed by atoms with Gasteiger partial charge in [0.15, 0.2) is 0 Å². The minimum absolute atomic E-state index is 0.0813. The van der Waals surface area contributed by atoms with Crippen molar-refractivity contribution >= 4 is 22.8 Å². The van der Waals surface area contributed by atoms with Crippen molar-refractivity contribution in [3.63, 3.8) is 0 Å². The molecule has 3 N–H and O–H groups in total. The van der Waals surface area contributed by atoms with Crippen molar-refractivity contribution in [1.82, 2.24) is 5.48 Å². The van der Waals surface area contributed by atoms with E-state index in [1.165, 1.54) is 17.3 Å². The van der Waals surface area contributed by atoms with Crippen LogP contribution in [0.4, 0.5) is 0 Å². The molecule has 0 unspecified atom stereocenters. The molecule has 116 valence electrons. The third-order valence-corrected chi connectivity index (χ3v) is 3.77.